The number of fused-ring (bicyclic) bond motifs is 1. The van der Waals surface area contributed by atoms with Gasteiger partial charge in [-0.3, -0.25) is 9.59 Å². The summed E-state index contributed by atoms with van der Waals surface area (Å²) in [6.07, 6.45) is 2.54. The first-order valence-electron chi connectivity index (χ1n) is 6.85. The first-order valence-corrected chi connectivity index (χ1v) is 8.31. The van der Waals surface area contributed by atoms with E-state index in [1.165, 1.54) is 18.5 Å². The maximum Gasteiger partial charge on any atom is 0.272 e. The summed E-state index contributed by atoms with van der Waals surface area (Å²) in [6.45, 7) is 0. The molecule has 1 heterocycles. The van der Waals surface area contributed by atoms with E-state index in [0.717, 1.165) is 3.57 Å². The Hall–Kier alpha value is -2.19. The van der Waals surface area contributed by atoms with Gasteiger partial charge in [-0.1, -0.05) is 23.7 Å². The van der Waals surface area contributed by atoms with Gasteiger partial charge in [-0.05, 0) is 52.9 Å². The molecule has 0 radical (unpaired) electrons. The molecule has 0 aliphatic rings. The monoisotopic (exact) mass is 452 g/mol. The normalized spacial score (nSPS) is 11.1. The molecular weight excluding hydrogens is 443 g/mol. The minimum Gasteiger partial charge on any atom is -0.463 e. The zero-order valence-corrected chi connectivity index (χ0v) is 15.0. The van der Waals surface area contributed by atoms with Gasteiger partial charge >= 0.3 is 0 Å². The average Bonchev–Trinajstić information content (AvgIpc) is 2.57. The molecular formula is C17H10ClIN2O3. The average molecular weight is 453 g/mol. The molecule has 1 N–H and O–H groups in total. The van der Waals surface area contributed by atoms with Crippen LogP contribution in [0.2, 0.25) is 5.02 Å². The van der Waals surface area contributed by atoms with E-state index in [0.29, 0.717) is 21.6 Å². The van der Waals surface area contributed by atoms with Crippen molar-refractivity contribution in [2.45, 2.75) is 0 Å². The topological polar surface area (TPSA) is 71.7 Å². The van der Waals surface area contributed by atoms with Crippen molar-refractivity contribution >= 4 is 57.3 Å². The van der Waals surface area contributed by atoms with Gasteiger partial charge in [0.15, 0.2) is 0 Å². The van der Waals surface area contributed by atoms with Crippen molar-refractivity contribution in [3.05, 3.63) is 78.7 Å². The Morgan fingerprint density at radius 1 is 1.25 bits per heavy atom. The molecule has 3 aromatic rings. The molecule has 0 spiro atoms. The van der Waals surface area contributed by atoms with Gasteiger partial charge < -0.3 is 4.42 Å². The number of carbonyl (C=O) groups is 1. The Kier molecular flexibility index (Phi) is 4.96. The molecule has 24 heavy (non-hydrogen) atoms. The summed E-state index contributed by atoms with van der Waals surface area (Å²) in [5.74, 6) is -0.357. The third-order valence-electron chi connectivity index (χ3n) is 3.25. The molecule has 0 unspecified atom stereocenters. The van der Waals surface area contributed by atoms with Crippen molar-refractivity contribution in [1.82, 2.24) is 5.43 Å². The van der Waals surface area contributed by atoms with E-state index in [9.17, 15) is 9.59 Å². The highest BCUT2D eigenvalue weighted by Gasteiger charge is 2.08. The maximum absolute atomic E-state index is 12.4. The van der Waals surface area contributed by atoms with Crippen LogP contribution < -0.4 is 10.9 Å². The fraction of sp³-hybridized carbons (Fsp3) is 0. The number of rotatable bonds is 3. The first-order chi connectivity index (χ1) is 11.6. The summed E-state index contributed by atoms with van der Waals surface area (Å²) in [4.78, 5) is 24.4. The highest BCUT2D eigenvalue weighted by atomic mass is 127. The van der Waals surface area contributed by atoms with Gasteiger partial charge in [0.2, 0.25) is 5.43 Å². The number of amides is 1. The number of halogens is 2. The number of hydrogen-bond donors (Lipinski definition) is 1. The lowest BCUT2D eigenvalue weighted by Crippen LogP contribution is -2.19. The summed E-state index contributed by atoms with van der Waals surface area (Å²) in [7, 11) is 0. The molecule has 0 saturated heterocycles. The van der Waals surface area contributed by atoms with E-state index in [1.54, 1.807) is 24.3 Å². The van der Waals surface area contributed by atoms with Crippen molar-refractivity contribution in [3.63, 3.8) is 0 Å². The van der Waals surface area contributed by atoms with Crippen molar-refractivity contribution in [1.29, 1.82) is 0 Å². The summed E-state index contributed by atoms with van der Waals surface area (Å²) in [5.41, 5.74) is 3.28. The van der Waals surface area contributed by atoms with Gasteiger partial charge in [-0.2, -0.15) is 5.10 Å². The minimum absolute atomic E-state index is 0.216. The molecule has 0 atom stereocenters. The number of nitrogens with one attached hydrogen (secondary N) is 1. The van der Waals surface area contributed by atoms with Gasteiger partial charge in [-0.15, -0.1) is 0 Å². The van der Waals surface area contributed by atoms with Crippen LogP contribution in [0.15, 0.2) is 63.0 Å². The number of hydrazone groups is 1. The smallest absolute Gasteiger partial charge is 0.272 e. The summed E-state index contributed by atoms with van der Waals surface area (Å²) in [6, 6.07) is 11.9. The number of hydrogen-bond acceptors (Lipinski definition) is 4. The lowest BCUT2D eigenvalue weighted by Gasteiger charge is -2.02. The zero-order valence-electron chi connectivity index (χ0n) is 12.1. The maximum atomic E-state index is 12.4. The molecule has 7 heteroatoms. The van der Waals surface area contributed by atoms with Crippen molar-refractivity contribution in [2.75, 3.05) is 0 Å². The third kappa shape index (κ3) is 3.49. The van der Waals surface area contributed by atoms with Crippen molar-refractivity contribution in [2.24, 2.45) is 5.10 Å². The zero-order chi connectivity index (χ0) is 17.1. The highest BCUT2D eigenvalue weighted by molar-refractivity contribution is 14.1. The Labute approximate surface area is 155 Å². The molecule has 0 bridgehead atoms. The number of carbonyl (C=O) groups excluding carboxylic acids is 1. The summed E-state index contributed by atoms with van der Waals surface area (Å²) < 4.78 is 6.18. The lowest BCUT2D eigenvalue weighted by molar-refractivity contribution is 0.0954. The molecule has 0 aliphatic heterocycles. The van der Waals surface area contributed by atoms with Gasteiger partial charge in [0.05, 0.1) is 22.7 Å². The van der Waals surface area contributed by atoms with Crippen molar-refractivity contribution < 1.29 is 9.21 Å². The van der Waals surface area contributed by atoms with E-state index < -0.39 is 0 Å². The summed E-state index contributed by atoms with van der Waals surface area (Å²) >= 11 is 7.97. The largest absolute Gasteiger partial charge is 0.463 e. The first kappa shape index (κ1) is 16.7. The van der Waals surface area contributed by atoms with Crippen molar-refractivity contribution in [3.8, 4) is 0 Å². The van der Waals surface area contributed by atoms with Gasteiger partial charge in [-0.25, -0.2) is 5.43 Å². The van der Waals surface area contributed by atoms with Gasteiger partial charge in [0, 0.05) is 8.59 Å². The fourth-order valence-corrected chi connectivity index (χ4v) is 2.88. The predicted molar refractivity (Wildman–Crippen MR) is 102 cm³/mol. The molecule has 120 valence electrons. The Morgan fingerprint density at radius 3 is 2.83 bits per heavy atom. The molecule has 0 fully saturated rings. The van der Waals surface area contributed by atoms with Gasteiger partial charge in [0.25, 0.3) is 5.91 Å². The lowest BCUT2D eigenvalue weighted by atomic mass is 10.2. The van der Waals surface area contributed by atoms with Crippen LogP contribution in [0.5, 0.6) is 0 Å². The van der Waals surface area contributed by atoms with Crippen LogP contribution in [0.3, 0.4) is 0 Å². The van der Waals surface area contributed by atoms with Crippen LogP contribution >= 0.6 is 34.2 Å². The van der Waals surface area contributed by atoms with Crippen LogP contribution in [0.1, 0.15) is 15.9 Å². The second kappa shape index (κ2) is 7.14. The molecule has 0 aliphatic carbocycles. The molecule has 0 saturated carbocycles. The number of nitrogens with zero attached hydrogens (tertiary/aromatic N) is 1. The fourth-order valence-electron chi connectivity index (χ4n) is 2.07. The van der Waals surface area contributed by atoms with Crippen LogP contribution in [0, 0.1) is 3.57 Å². The SMILES string of the molecule is O=C(N/N=C/c1coc2ccc(Cl)cc2c1=O)c1ccccc1I. The Balaban J connectivity index is 1.84. The van der Waals surface area contributed by atoms with E-state index in [1.807, 2.05) is 12.1 Å². The van der Waals surface area contributed by atoms with E-state index in [-0.39, 0.29) is 16.9 Å². The van der Waals surface area contributed by atoms with E-state index in [2.05, 4.69) is 33.1 Å². The van der Waals surface area contributed by atoms with Crippen LogP contribution in [-0.4, -0.2) is 12.1 Å². The van der Waals surface area contributed by atoms with Crippen LogP contribution in [-0.2, 0) is 0 Å². The molecule has 3 rings (SSSR count). The van der Waals surface area contributed by atoms with Gasteiger partial charge in [0.1, 0.15) is 11.8 Å². The highest BCUT2D eigenvalue weighted by Crippen LogP contribution is 2.16. The molecule has 1 aromatic heterocycles. The van der Waals surface area contributed by atoms with E-state index in [4.69, 9.17) is 16.0 Å². The molecule has 5 nitrogen and oxygen atoms in total. The quantitative estimate of drug-likeness (QED) is 0.373. The predicted octanol–water partition coefficient (Wildman–Crippen LogP) is 3.81. The van der Waals surface area contributed by atoms with E-state index >= 15 is 0 Å². The van der Waals surface area contributed by atoms with Crippen LogP contribution in [0.25, 0.3) is 11.0 Å². The molecule has 2 aromatic carbocycles. The second-order valence-corrected chi connectivity index (χ2v) is 6.44. The summed E-state index contributed by atoms with van der Waals surface area (Å²) in [5, 5.41) is 4.63. The number of benzene rings is 2. The molecule has 1 amide bonds. The minimum atomic E-state index is -0.357. The standard InChI is InChI=1S/C17H10ClIN2O3/c18-11-5-6-15-13(7-11)16(22)10(9-24-15)8-20-21-17(23)12-3-1-2-4-14(12)19/h1-9H,(H,21,23)/b20-8+. The Bertz CT molecular complexity index is 1010. The van der Waals surface area contributed by atoms with Crippen LogP contribution in [0.4, 0.5) is 0 Å². The Morgan fingerprint density at radius 2 is 2.04 bits per heavy atom. The third-order valence-corrected chi connectivity index (χ3v) is 4.43. The second-order valence-electron chi connectivity index (χ2n) is 4.84.